The van der Waals surface area contributed by atoms with Crippen LogP contribution in [0.2, 0.25) is 10.0 Å². The number of rotatable bonds is 7. The highest BCUT2D eigenvalue weighted by Gasteiger charge is 2.06. The Bertz CT molecular complexity index is 602. The first-order valence-electron chi connectivity index (χ1n) is 7.13. The minimum atomic E-state index is -0.0630. The highest BCUT2D eigenvalue weighted by molar-refractivity contribution is 6.35. The third kappa shape index (κ3) is 4.89. The molecule has 118 valence electrons. The summed E-state index contributed by atoms with van der Waals surface area (Å²) < 4.78 is 5.72. The second-order valence-electron chi connectivity index (χ2n) is 5.07. The Morgan fingerprint density at radius 2 is 1.82 bits per heavy atom. The van der Waals surface area contributed by atoms with Crippen molar-refractivity contribution >= 4 is 23.2 Å². The van der Waals surface area contributed by atoms with E-state index < -0.39 is 0 Å². The van der Waals surface area contributed by atoms with Gasteiger partial charge >= 0.3 is 0 Å². The summed E-state index contributed by atoms with van der Waals surface area (Å²) >= 11 is 12.0. The van der Waals surface area contributed by atoms with Gasteiger partial charge in [0, 0.05) is 28.3 Å². The van der Waals surface area contributed by atoms with Crippen molar-refractivity contribution in [2.24, 2.45) is 5.73 Å². The van der Waals surface area contributed by atoms with Gasteiger partial charge in [-0.05, 0) is 42.7 Å². The molecule has 2 aromatic carbocycles. The van der Waals surface area contributed by atoms with Crippen molar-refractivity contribution in [1.82, 2.24) is 0 Å². The molecular formula is C17H19Cl2NO2. The molecule has 0 saturated carbocycles. The van der Waals surface area contributed by atoms with Crippen LogP contribution < -0.4 is 10.5 Å². The topological polar surface area (TPSA) is 55.5 Å². The standard InChI is InChI=1S/C17H19Cl2NO2/c18-14-6-3-13(16(19)10-14)11-22-15-7-4-12(5-8-15)17(20)2-1-9-21/h3-8,10,17,21H,1-2,9,11,20H2/t17-/m1/s1. The molecule has 0 spiro atoms. The molecule has 1 atom stereocenters. The number of nitrogens with two attached hydrogens (primary N) is 1. The lowest BCUT2D eigenvalue weighted by Gasteiger charge is -2.13. The minimum absolute atomic E-state index is 0.0630. The van der Waals surface area contributed by atoms with Gasteiger partial charge in [-0.2, -0.15) is 0 Å². The predicted octanol–water partition coefficient (Wildman–Crippen LogP) is 4.34. The van der Waals surface area contributed by atoms with Gasteiger partial charge in [0.2, 0.25) is 0 Å². The molecule has 3 N–H and O–H groups in total. The van der Waals surface area contributed by atoms with Gasteiger partial charge in [0.1, 0.15) is 12.4 Å². The van der Waals surface area contributed by atoms with Crippen LogP contribution in [0.3, 0.4) is 0 Å². The second kappa shape index (κ2) is 8.39. The molecule has 0 heterocycles. The molecule has 5 heteroatoms. The Hall–Kier alpha value is -1.26. The molecule has 2 rings (SSSR count). The van der Waals surface area contributed by atoms with Crippen LogP contribution in [0.25, 0.3) is 0 Å². The van der Waals surface area contributed by atoms with Gasteiger partial charge in [-0.3, -0.25) is 0 Å². The van der Waals surface area contributed by atoms with Crippen molar-refractivity contribution in [1.29, 1.82) is 0 Å². The molecule has 0 unspecified atom stereocenters. The molecule has 0 aliphatic heterocycles. The maximum atomic E-state index is 8.83. The molecule has 0 saturated heterocycles. The fourth-order valence-electron chi connectivity index (χ4n) is 2.09. The molecule has 0 fully saturated rings. The average molecular weight is 340 g/mol. The van der Waals surface area contributed by atoms with Crippen molar-refractivity contribution in [2.75, 3.05) is 6.61 Å². The highest BCUT2D eigenvalue weighted by atomic mass is 35.5. The van der Waals surface area contributed by atoms with Crippen molar-refractivity contribution in [3.05, 3.63) is 63.6 Å². The zero-order valence-corrected chi connectivity index (χ0v) is 13.6. The first kappa shape index (κ1) is 17.1. The van der Waals surface area contributed by atoms with E-state index in [-0.39, 0.29) is 12.6 Å². The quantitative estimate of drug-likeness (QED) is 0.788. The molecule has 2 aromatic rings. The summed E-state index contributed by atoms with van der Waals surface area (Å²) in [5, 5.41) is 10.0. The van der Waals surface area contributed by atoms with Crippen LogP contribution in [0.4, 0.5) is 0 Å². The highest BCUT2D eigenvalue weighted by Crippen LogP contribution is 2.24. The van der Waals surface area contributed by atoms with Crippen molar-refractivity contribution < 1.29 is 9.84 Å². The number of benzene rings is 2. The van der Waals surface area contributed by atoms with E-state index in [1.54, 1.807) is 12.1 Å². The lowest BCUT2D eigenvalue weighted by molar-refractivity contribution is 0.280. The minimum Gasteiger partial charge on any atom is -0.489 e. The number of hydrogen-bond donors (Lipinski definition) is 2. The third-order valence-corrected chi connectivity index (χ3v) is 3.98. The lowest BCUT2D eigenvalue weighted by atomic mass is 10.0. The van der Waals surface area contributed by atoms with Gasteiger partial charge in [0.15, 0.2) is 0 Å². The van der Waals surface area contributed by atoms with Gasteiger partial charge in [0.05, 0.1) is 0 Å². The molecule has 0 aromatic heterocycles. The van der Waals surface area contributed by atoms with Crippen LogP contribution in [0.1, 0.15) is 30.0 Å². The Kier molecular flexibility index (Phi) is 6.52. The number of aliphatic hydroxyl groups is 1. The van der Waals surface area contributed by atoms with E-state index in [0.717, 1.165) is 23.3 Å². The van der Waals surface area contributed by atoms with Crippen LogP contribution in [0, 0.1) is 0 Å². The van der Waals surface area contributed by atoms with Gasteiger partial charge in [0.25, 0.3) is 0 Å². The van der Waals surface area contributed by atoms with Crippen molar-refractivity contribution in [3.8, 4) is 5.75 Å². The van der Waals surface area contributed by atoms with E-state index in [4.69, 9.17) is 38.8 Å². The largest absolute Gasteiger partial charge is 0.489 e. The van der Waals surface area contributed by atoms with E-state index in [1.165, 1.54) is 0 Å². The second-order valence-corrected chi connectivity index (χ2v) is 5.91. The molecule has 22 heavy (non-hydrogen) atoms. The fraction of sp³-hybridized carbons (Fsp3) is 0.294. The van der Waals surface area contributed by atoms with E-state index >= 15 is 0 Å². The summed E-state index contributed by atoms with van der Waals surface area (Å²) in [6.07, 6.45) is 1.46. The van der Waals surface area contributed by atoms with Gasteiger partial charge in [-0.25, -0.2) is 0 Å². The lowest BCUT2D eigenvalue weighted by Crippen LogP contribution is -2.10. The van der Waals surface area contributed by atoms with Crippen LogP contribution in [0.5, 0.6) is 5.75 Å². The summed E-state index contributed by atoms with van der Waals surface area (Å²) in [7, 11) is 0. The molecule has 3 nitrogen and oxygen atoms in total. The van der Waals surface area contributed by atoms with Crippen LogP contribution in [-0.2, 0) is 6.61 Å². The predicted molar refractivity (Wildman–Crippen MR) is 90.5 cm³/mol. The SMILES string of the molecule is N[C@H](CCCO)c1ccc(OCc2ccc(Cl)cc2Cl)cc1. The summed E-state index contributed by atoms with van der Waals surface area (Å²) in [5.41, 5.74) is 7.97. The molecule has 0 bridgehead atoms. The Morgan fingerprint density at radius 1 is 1.09 bits per heavy atom. The third-order valence-electron chi connectivity index (χ3n) is 3.39. The first-order valence-corrected chi connectivity index (χ1v) is 7.89. The Labute approximate surface area is 140 Å². The Morgan fingerprint density at radius 3 is 2.45 bits per heavy atom. The van der Waals surface area contributed by atoms with Gasteiger partial charge in [-0.1, -0.05) is 41.4 Å². The zero-order valence-electron chi connectivity index (χ0n) is 12.1. The Balaban J connectivity index is 1.93. The number of ether oxygens (including phenoxy) is 1. The average Bonchev–Trinajstić information content (AvgIpc) is 2.52. The van der Waals surface area contributed by atoms with Gasteiger partial charge in [-0.15, -0.1) is 0 Å². The summed E-state index contributed by atoms with van der Waals surface area (Å²) in [5.74, 6) is 0.754. The van der Waals surface area contributed by atoms with E-state index in [0.29, 0.717) is 23.1 Å². The van der Waals surface area contributed by atoms with Crippen LogP contribution >= 0.6 is 23.2 Å². The summed E-state index contributed by atoms with van der Waals surface area (Å²) in [6.45, 7) is 0.544. The van der Waals surface area contributed by atoms with E-state index in [2.05, 4.69) is 0 Å². The van der Waals surface area contributed by atoms with Crippen molar-refractivity contribution in [3.63, 3.8) is 0 Å². The van der Waals surface area contributed by atoms with Crippen LogP contribution in [0.15, 0.2) is 42.5 Å². The number of hydrogen-bond acceptors (Lipinski definition) is 3. The smallest absolute Gasteiger partial charge is 0.119 e. The fourth-order valence-corrected chi connectivity index (χ4v) is 2.55. The molecule has 0 aliphatic rings. The molecule has 0 aliphatic carbocycles. The zero-order chi connectivity index (χ0) is 15.9. The first-order chi connectivity index (χ1) is 10.6. The molecular weight excluding hydrogens is 321 g/mol. The maximum Gasteiger partial charge on any atom is 0.119 e. The maximum absolute atomic E-state index is 8.83. The summed E-state index contributed by atoms with van der Waals surface area (Å²) in [4.78, 5) is 0. The van der Waals surface area contributed by atoms with E-state index in [9.17, 15) is 0 Å². The normalized spacial score (nSPS) is 12.2. The van der Waals surface area contributed by atoms with Crippen LogP contribution in [-0.4, -0.2) is 11.7 Å². The number of aliphatic hydroxyl groups excluding tert-OH is 1. The molecule has 0 amide bonds. The van der Waals surface area contributed by atoms with Crippen molar-refractivity contribution in [2.45, 2.75) is 25.5 Å². The monoisotopic (exact) mass is 339 g/mol. The van der Waals surface area contributed by atoms with Gasteiger partial charge < -0.3 is 15.6 Å². The summed E-state index contributed by atoms with van der Waals surface area (Å²) in [6, 6.07) is 12.9. The van der Waals surface area contributed by atoms with E-state index in [1.807, 2.05) is 30.3 Å². The molecule has 0 radical (unpaired) electrons. The number of halogens is 2.